The van der Waals surface area contributed by atoms with E-state index < -0.39 is 0 Å². The number of nitrogens with zero attached hydrogens (tertiary/aromatic N) is 5. The van der Waals surface area contributed by atoms with Gasteiger partial charge in [0.2, 0.25) is 0 Å². The standard InChI is InChI=1S/C26H33N7/c1-27-18-26(21-6-3-2-4-7-21)32-14-12-31(13-15-32)11-5-8-22-17-28-25-10-9-23(16-24(22)25)33-19-29-30-20-33/h2-4,6-7,9-10,16-17,19-20,26-28H,5,8,11-15,18H2,1H3. The fourth-order valence-electron chi connectivity index (χ4n) is 4.99. The number of hydrogen-bond donors (Lipinski definition) is 2. The molecular formula is C26H33N7. The maximum absolute atomic E-state index is 3.93. The Morgan fingerprint density at radius 2 is 1.79 bits per heavy atom. The molecule has 0 radical (unpaired) electrons. The number of fused-ring (bicyclic) bond motifs is 1. The molecule has 1 atom stereocenters. The summed E-state index contributed by atoms with van der Waals surface area (Å²) in [7, 11) is 2.05. The minimum atomic E-state index is 0.449. The lowest BCUT2D eigenvalue weighted by Gasteiger charge is -2.39. The van der Waals surface area contributed by atoms with Crippen molar-refractivity contribution in [2.45, 2.75) is 18.9 Å². The molecule has 3 heterocycles. The molecule has 4 aromatic rings. The van der Waals surface area contributed by atoms with E-state index in [4.69, 9.17) is 0 Å². The van der Waals surface area contributed by atoms with Crippen LogP contribution in [0.1, 0.15) is 23.6 Å². The predicted molar refractivity (Wildman–Crippen MR) is 133 cm³/mol. The highest BCUT2D eigenvalue weighted by Gasteiger charge is 2.24. The highest BCUT2D eigenvalue weighted by atomic mass is 15.3. The van der Waals surface area contributed by atoms with Gasteiger partial charge in [0.15, 0.2) is 0 Å². The number of H-pyrrole nitrogens is 1. The number of likely N-dealkylation sites (N-methyl/N-ethyl adjacent to an activating group) is 1. The summed E-state index contributed by atoms with van der Waals surface area (Å²) in [6.07, 6.45) is 7.90. The molecule has 7 heteroatoms. The van der Waals surface area contributed by atoms with Crippen molar-refractivity contribution < 1.29 is 0 Å². The SMILES string of the molecule is CNCC(c1ccccc1)N1CCN(CCCc2c[nH]c3ccc(-n4cnnc4)cc23)CC1. The Labute approximate surface area is 195 Å². The fraction of sp³-hybridized carbons (Fsp3) is 0.385. The van der Waals surface area contributed by atoms with E-state index >= 15 is 0 Å². The van der Waals surface area contributed by atoms with Crippen molar-refractivity contribution in [3.05, 3.63) is 78.5 Å². The van der Waals surface area contributed by atoms with Crippen molar-refractivity contribution in [2.24, 2.45) is 0 Å². The average molecular weight is 444 g/mol. The maximum Gasteiger partial charge on any atom is 0.123 e. The third-order valence-corrected chi connectivity index (χ3v) is 6.82. The number of aromatic nitrogens is 4. The molecule has 0 spiro atoms. The zero-order chi connectivity index (χ0) is 22.5. The van der Waals surface area contributed by atoms with Crippen LogP contribution in [0.4, 0.5) is 0 Å². The maximum atomic E-state index is 3.93. The Hall–Kier alpha value is -3.00. The van der Waals surface area contributed by atoms with Gasteiger partial charge in [0.25, 0.3) is 0 Å². The van der Waals surface area contributed by atoms with Crippen LogP contribution in [-0.4, -0.2) is 75.9 Å². The summed E-state index contributed by atoms with van der Waals surface area (Å²) in [6.45, 7) is 6.65. The van der Waals surface area contributed by atoms with Gasteiger partial charge in [-0.2, -0.15) is 0 Å². The molecule has 0 amide bonds. The second kappa shape index (κ2) is 10.3. The van der Waals surface area contributed by atoms with E-state index in [1.54, 1.807) is 12.7 Å². The minimum absolute atomic E-state index is 0.449. The van der Waals surface area contributed by atoms with E-state index in [-0.39, 0.29) is 0 Å². The molecule has 1 aliphatic heterocycles. The highest BCUT2D eigenvalue weighted by molar-refractivity contribution is 5.85. The first-order valence-corrected chi connectivity index (χ1v) is 11.9. The van der Waals surface area contributed by atoms with E-state index in [1.165, 1.54) is 28.5 Å². The third kappa shape index (κ3) is 5.00. The van der Waals surface area contributed by atoms with E-state index in [0.717, 1.165) is 51.4 Å². The van der Waals surface area contributed by atoms with Gasteiger partial charge in [-0.1, -0.05) is 30.3 Å². The summed E-state index contributed by atoms with van der Waals surface area (Å²) in [6, 6.07) is 17.8. The largest absolute Gasteiger partial charge is 0.361 e. The second-order valence-corrected chi connectivity index (χ2v) is 8.88. The van der Waals surface area contributed by atoms with E-state index in [1.807, 2.05) is 11.6 Å². The molecule has 2 aromatic heterocycles. The van der Waals surface area contributed by atoms with Crippen LogP contribution in [-0.2, 0) is 6.42 Å². The molecule has 1 saturated heterocycles. The van der Waals surface area contributed by atoms with Gasteiger partial charge < -0.3 is 15.2 Å². The zero-order valence-electron chi connectivity index (χ0n) is 19.3. The molecule has 33 heavy (non-hydrogen) atoms. The normalized spacial score (nSPS) is 16.4. The molecule has 0 bridgehead atoms. The summed E-state index contributed by atoms with van der Waals surface area (Å²) in [5, 5.41) is 12.5. The van der Waals surface area contributed by atoms with Crippen LogP contribution < -0.4 is 5.32 Å². The molecule has 2 aromatic carbocycles. The van der Waals surface area contributed by atoms with Crippen molar-refractivity contribution in [1.82, 2.24) is 34.9 Å². The van der Waals surface area contributed by atoms with Gasteiger partial charge >= 0.3 is 0 Å². The van der Waals surface area contributed by atoms with E-state index in [0.29, 0.717) is 6.04 Å². The Bertz CT molecular complexity index is 1130. The first-order chi connectivity index (χ1) is 16.3. The molecule has 2 N–H and O–H groups in total. The van der Waals surface area contributed by atoms with Gasteiger partial charge in [0.1, 0.15) is 12.7 Å². The second-order valence-electron chi connectivity index (χ2n) is 8.88. The van der Waals surface area contributed by atoms with Crippen molar-refractivity contribution in [3.63, 3.8) is 0 Å². The van der Waals surface area contributed by atoms with Crippen LogP contribution in [0.25, 0.3) is 16.6 Å². The molecule has 5 rings (SSSR count). The van der Waals surface area contributed by atoms with E-state index in [2.05, 4.69) is 85.0 Å². The fourth-order valence-corrected chi connectivity index (χ4v) is 4.99. The molecule has 1 aliphatic rings. The Kier molecular flexibility index (Phi) is 6.81. The van der Waals surface area contributed by atoms with Gasteiger partial charge in [-0.05, 0) is 55.8 Å². The molecule has 0 aliphatic carbocycles. The monoisotopic (exact) mass is 443 g/mol. The molecular weight excluding hydrogens is 410 g/mol. The summed E-state index contributed by atoms with van der Waals surface area (Å²) >= 11 is 0. The number of aromatic amines is 1. The van der Waals surface area contributed by atoms with Crippen LogP contribution in [0.15, 0.2) is 67.4 Å². The van der Waals surface area contributed by atoms with Crippen LogP contribution >= 0.6 is 0 Å². The summed E-state index contributed by atoms with van der Waals surface area (Å²) in [5.74, 6) is 0. The quantitative estimate of drug-likeness (QED) is 0.416. The topological polar surface area (TPSA) is 65.0 Å². The lowest BCUT2D eigenvalue weighted by molar-refractivity contribution is 0.0951. The Morgan fingerprint density at radius 3 is 2.55 bits per heavy atom. The minimum Gasteiger partial charge on any atom is -0.361 e. The number of nitrogens with one attached hydrogen (secondary N) is 2. The lowest BCUT2D eigenvalue weighted by atomic mass is 10.0. The van der Waals surface area contributed by atoms with Gasteiger partial charge in [-0.3, -0.25) is 9.47 Å². The van der Waals surface area contributed by atoms with Crippen LogP contribution in [0.5, 0.6) is 0 Å². The van der Waals surface area contributed by atoms with Gasteiger partial charge in [-0.25, -0.2) is 0 Å². The average Bonchev–Trinajstić information content (AvgIpc) is 3.54. The molecule has 7 nitrogen and oxygen atoms in total. The van der Waals surface area contributed by atoms with E-state index in [9.17, 15) is 0 Å². The summed E-state index contributed by atoms with van der Waals surface area (Å²) in [5.41, 5.74) is 5.08. The molecule has 1 unspecified atom stereocenters. The van der Waals surface area contributed by atoms with Crippen molar-refractivity contribution in [3.8, 4) is 5.69 Å². The number of piperazine rings is 1. The summed E-state index contributed by atoms with van der Waals surface area (Å²) < 4.78 is 1.95. The van der Waals surface area contributed by atoms with Crippen molar-refractivity contribution in [2.75, 3.05) is 46.3 Å². The number of aryl methyl sites for hydroxylation is 1. The predicted octanol–water partition coefficient (Wildman–Crippen LogP) is 3.26. The number of rotatable bonds is 9. The Balaban J connectivity index is 1.15. The first kappa shape index (κ1) is 21.8. The van der Waals surface area contributed by atoms with Gasteiger partial charge in [-0.15, -0.1) is 10.2 Å². The van der Waals surface area contributed by atoms with Gasteiger partial charge in [0.05, 0.1) is 0 Å². The van der Waals surface area contributed by atoms with Crippen molar-refractivity contribution >= 4 is 10.9 Å². The van der Waals surface area contributed by atoms with Crippen molar-refractivity contribution in [1.29, 1.82) is 0 Å². The number of hydrogen-bond acceptors (Lipinski definition) is 5. The zero-order valence-corrected chi connectivity index (χ0v) is 19.3. The third-order valence-electron chi connectivity index (χ3n) is 6.82. The van der Waals surface area contributed by atoms with Crippen LogP contribution in [0, 0.1) is 0 Å². The molecule has 0 saturated carbocycles. The smallest absolute Gasteiger partial charge is 0.123 e. The number of benzene rings is 2. The lowest BCUT2D eigenvalue weighted by Crippen LogP contribution is -2.49. The van der Waals surface area contributed by atoms with Crippen LogP contribution in [0.2, 0.25) is 0 Å². The molecule has 172 valence electrons. The molecule has 1 fully saturated rings. The van der Waals surface area contributed by atoms with Crippen LogP contribution in [0.3, 0.4) is 0 Å². The Morgan fingerprint density at radius 1 is 1.00 bits per heavy atom. The van der Waals surface area contributed by atoms with Gasteiger partial charge in [0, 0.05) is 61.6 Å². The summed E-state index contributed by atoms with van der Waals surface area (Å²) in [4.78, 5) is 8.68. The first-order valence-electron chi connectivity index (χ1n) is 11.9. The highest BCUT2D eigenvalue weighted by Crippen LogP contribution is 2.24.